The zero-order valence-corrected chi connectivity index (χ0v) is 18.2. The topological polar surface area (TPSA) is 250 Å². The van der Waals surface area contributed by atoms with Crippen LogP contribution in [0.4, 0.5) is 5.82 Å². The number of phosphoric acid groups is 3. The van der Waals surface area contributed by atoms with Crippen LogP contribution in [0.3, 0.4) is 0 Å². The first kappa shape index (κ1) is 25.8. The number of anilines is 1. The predicted molar refractivity (Wildman–Crippen MR) is 99.6 cm³/mol. The average Bonchev–Trinajstić information content (AvgIpc) is 2.82. The minimum Gasteiger partial charge on any atom is -0.389 e. The number of nitrogen functional groups attached to an aromatic ring is 1. The van der Waals surface area contributed by atoms with Gasteiger partial charge < -0.3 is 35.2 Å². The van der Waals surface area contributed by atoms with Crippen LogP contribution in [-0.4, -0.2) is 53.0 Å². The second-order valence-electron chi connectivity index (χ2n) is 6.33. The molecule has 1 aromatic rings. The fourth-order valence-electron chi connectivity index (χ4n) is 2.63. The average molecular weight is 505 g/mol. The molecule has 0 bridgehead atoms. The van der Waals surface area contributed by atoms with Crippen LogP contribution in [0.15, 0.2) is 17.1 Å². The summed E-state index contributed by atoms with van der Waals surface area (Å²) >= 11 is 0. The molecule has 16 nitrogen and oxygen atoms in total. The van der Waals surface area contributed by atoms with Crippen molar-refractivity contribution >= 4 is 29.3 Å². The molecule has 1 aliphatic rings. The Kier molecular flexibility index (Phi) is 7.36. The van der Waals surface area contributed by atoms with Crippen molar-refractivity contribution in [3.8, 4) is 12.3 Å². The van der Waals surface area contributed by atoms with Gasteiger partial charge in [-0.05, 0) is 13.0 Å². The molecule has 1 aromatic heterocycles. The van der Waals surface area contributed by atoms with Crippen LogP contribution in [0.5, 0.6) is 0 Å². The number of ether oxygens (including phenoxy) is 1. The molecule has 0 radical (unpaired) electrons. The molecular formula is C12H18N3O13P3. The van der Waals surface area contributed by atoms with E-state index in [2.05, 4.69) is 24.0 Å². The molecule has 19 heteroatoms. The predicted octanol–water partition coefficient (Wildman–Crippen LogP) is -0.933. The van der Waals surface area contributed by atoms with Crippen molar-refractivity contribution in [1.82, 2.24) is 9.55 Å². The van der Waals surface area contributed by atoms with Gasteiger partial charge in [-0.2, -0.15) is 13.6 Å². The zero-order chi connectivity index (χ0) is 23.8. The van der Waals surface area contributed by atoms with Gasteiger partial charge in [0.25, 0.3) is 0 Å². The number of hydrogen-bond acceptors (Lipinski definition) is 11. The summed E-state index contributed by atoms with van der Waals surface area (Å²) in [5, 5.41) is 10.5. The Labute approximate surface area is 174 Å². The van der Waals surface area contributed by atoms with Crippen molar-refractivity contribution in [2.24, 2.45) is 5.41 Å². The van der Waals surface area contributed by atoms with Crippen LogP contribution in [0.25, 0.3) is 0 Å². The highest BCUT2D eigenvalue weighted by atomic mass is 31.3. The van der Waals surface area contributed by atoms with E-state index >= 15 is 0 Å². The Morgan fingerprint density at radius 1 is 1.29 bits per heavy atom. The molecule has 6 atom stereocenters. The highest BCUT2D eigenvalue weighted by Crippen LogP contribution is 2.66. The maximum Gasteiger partial charge on any atom is 0.490 e. The molecule has 6 unspecified atom stereocenters. The number of nitrogens with zero attached hydrogens (tertiary/aromatic N) is 2. The Hall–Kier alpha value is -1.43. The van der Waals surface area contributed by atoms with Crippen molar-refractivity contribution < 1.29 is 56.3 Å². The molecule has 2 heterocycles. The van der Waals surface area contributed by atoms with E-state index in [0.717, 1.165) is 4.57 Å². The summed E-state index contributed by atoms with van der Waals surface area (Å²) < 4.78 is 51.8. The van der Waals surface area contributed by atoms with Gasteiger partial charge >= 0.3 is 29.2 Å². The molecule has 1 aliphatic heterocycles. The monoisotopic (exact) mass is 505 g/mol. The van der Waals surface area contributed by atoms with E-state index in [0.29, 0.717) is 0 Å². The van der Waals surface area contributed by atoms with Gasteiger partial charge in [0.15, 0.2) is 6.23 Å². The van der Waals surface area contributed by atoms with Crippen LogP contribution in [0.2, 0.25) is 0 Å². The summed E-state index contributed by atoms with van der Waals surface area (Å²) in [5.41, 5.74) is 2.98. The maximum atomic E-state index is 12.1. The van der Waals surface area contributed by atoms with Gasteiger partial charge in [-0.1, -0.05) is 5.92 Å². The number of phosphoric ester groups is 1. The fraction of sp³-hybridized carbons (Fsp3) is 0.500. The van der Waals surface area contributed by atoms with Crippen LogP contribution in [0, 0.1) is 17.8 Å². The second-order valence-corrected chi connectivity index (χ2v) is 10.7. The van der Waals surface area contributed by atoms with Crippen LogP contribution >= 0.6 is 23.5 Å². The molecule has 174 valence electrons. The van der Waals surface area contributed by atoms with E-state index in [1.54, 1.807) is 0 Å². The van der Waals surface area contributed by atoms with Gasteiger partial charge in [0, 0.05) is 6.20 Å². The number of terminal acetylenes is 1. The third kappa shape index (κ3) is 6.30. The number of aromatic nitrogens is 2. The summed E-state index contributed by atoms with van der Waals surface area (Å²) in [6, 6.07) is 1.26. The first-order chi connectivity index (χ1) is 14.0. The van der Waals surface area contributed by atoms with Gasteiger partial charge in [0.05, 0.1) is 6.61 Å². The quantitative estimate of drug-likeness (QED) is 0.184. The van der Waals surface area contributed by atoms with Gasteiger partial charge in [0.1, 0.15) is 23.4 Å². The fourth-order valence-corrected chi connectivity index (χ4v) is 5.66. The smallest absolute Gasteiger partial charge is 0.389 e. The van der Waals surface area contributed by atoms with E-state index in [4.69, 9.17) is 31.6 Å². The van der Waals surface area contributed by atoms with Gasteiger partial charge in [-0.25, -0.2) is 18.5 Å². The summed E-state index contributed by atoms with van der Waals surface area (Å²) in [6.45, 7) is 0.381. The number of rotatable bonds is 8. The van der Waals surface area contributed by atoms with Crippen molar-refractivity contribution in [3.63, 3.8) is 0 Å². The van der Waals surface area contributed by atoms with Gasteiger partial charge in [0.2, 0.25) is 0 Å². The lowest BCUT2D eigenvalue weighted by Crippen LogP contribution is -2.39. The van der Waals surface area contributed by atoms with E-state index in [9.17, 15) is 28.5 Å². The standard InChI is InChI=1S/C12H18N3O13P3/c1-3-12(2)9(16)7(26-10(12)15-5-4-8(13)14-11(15)17)6-25-30(21,22)28-31(23,24)27-29(18,19)20/h1,4-5,7,9-10,16H,6H2,2H3,(H,21,22)(H,23,24)(H2,13,14,17)(H2,18,19,20). The summed E-state index contributed by atoms with van der Waals surface area (Å²) in [4.78, 5) is 51.3. The van der Waals surface area contributed by atoms with Crippen LogP contribution in [-0.2, 0) is 31.6 Å². The van der Waals surface area contributed by atoms with Gasteiger partial charge in [-0.15, -0.1) is 6.42 Å². The zero-order valence-electron chi connectivity index (χ0n) is 15.5. The van der Waals surface area contributed by atoms with Crippen molar-refractivity contribution in [3.05, 3.63) is 22.7 Å². The third-order valence-corrected chi connectivity index (χ3v) is 7.82. The number of aliphatic hydroxyl groups excluding tert-OH is 1. The first-order valence-electron chi connectivity index (χ1n) is 7.94. The highest BCUT2D eigenvalue weighted by molar-refractivity contribution is 7.66. The summed E-state index contributed by atoms with van der Waals surface area (Å²) in [6.07, 6.45) is 2.31. The molecule has 1 saturated heterocycles. The second kappa shape index (κ2) is 8.84. The molecule has 0 aliphatic carbocycles. The van der Waals surface area contributed by atoms with Crippen molar-refractivity contribution in [1.29, 1.82) is 0 Å². The molecule has 7 N–H and O–H groups in total. The lowest BCUT2D eigenvalue weighted by Gasteiger charge is -2.27. The van der Waals surface area contributed by atoms with Crippen LogP contribution < -0.4 is 11.4 Å². The Bertz CT molecular complexity index is 1080. The Balaban J connectivity index is 2.18. The molecular weight excluding hydrogens is 487 g/mol. The molecule has 1 fully saturated rings. The Morgan fingerprint density at radius 2 is 1.90 bits per heavy atom. The van der Waals surface area contributed by atoms with Crippen molar-refractivity contribution in [2.75, 3.05) is 12.3 Å². The summed E-state index contributed by atoms with van der Waals surface area (Å²) in [7, 11) is -16.7. The van der Waals surface area contributed by atoms with Gasteiger partial charge in [-0.3, -0.25) is 9.09 Å². The minimum atomic E-state index is -5.72. The molecule has 2 rings (SSSR count). The number of hydrogen-bond donors (Lipinski definition) is 6. The third-order valence-electron chi connectivity index (χ3n) is 4.02. The lowest BCUT2D eigenvalue weighted by molar-refractivity contribution is -0.0493. The van der Waals surface area contributed by atoms with Crippen LogP contribution in [0.1, 0.15) is 13.2 Å². The van der Waals surface area contributed by atoms with E-state index in [-0.39, 0.29) is 5.82 Å². The van der Waals surface area contributed by atoms with E-state index < -0.39 is 59.6 Å². The summed E-state index contributed by atoms with van der Waals surface area (Å²) in [5.74, 6) is 2.18. The highest BCUT2D eigenvalue weighted by Gasteiger charge is 2.54. The molecule has 0 saturated carbocycles. The maximum absolute atomic E-state index is 12.1. The number of nitrogens with two attached hydrogens (primary N) is 1. The normalized spacial score (nSPS) is 30.3. The molecule has 0 aromatic carbocycles. The SMILES string of the molecule is C#CC1(C)C(O)C(COP(=O)(O)OP(=O)(O)OP(=O)(O)O)OC1n1ccc(N)nc1=O. The molecule has 0 spiro atoms. The van der Waals surface area contributed by atoms with E-state index in [1.165, 1.54) is 19.2 Å². The lowest BCUT2D eigenvalue weighted by atomic mass is 9.83. The molecule has 0 amide bonds. The minimum absolute atomic E-state index is 0.0913. The first-order valence-corrected chi connectivity index (χ1v) is 12.5. The number of aliphatic hydroxyl groups is 1. The van der Waals surface area contributed by atoms with Crippen molar-refractivity contribution in [2.45, 2.75) is 25.4 Å². The van der Waals surface area contributed by atoms with E-state index in [1.807, 2.05) is 0 Å². The molecule has 31 heavy (non-hydrogen) atoms. The Morgan fingerprint density at radius 3 is 2.42 bits per heavy atom. The largest absolute Gasteiger partial charge is 0.490 e.